The average Bonchev–Trinajstić information content (AvgIpc) is 3.96. The molecular formula is C54H104Al2B2K2N2O5PdSi4. The van der Waals surface area contributed by atoms with Gasteiger partial charge in [-0.25, -0.2) is 0 Å². The molecule has 12 aliphatic rings. The molecule has 0 aromatic rings. The molecule has 4 heterocycles. The molecule has 8 saturated carbocycles. The van der Waals surface area contributed by atoms with Crippen LogP contribution in [0.2, 0.25) is 85.6 Å². The van der Waals surface area contributed by atoms with E-state index >= 15 is 0 Å². The monoisotopic (exact) mass is 1230 g/mol. The Morgan fingerprint density at radius 3 is 0.778 bits per heavy atom. The molecule has 4 aliphatic heterocycles. The first-order valence-electron chi connectivity index (χ1n) is 28.0. The van der Waals surface area contributed by atoms with Crippen LogP contribution in [0.4, 0.5) is 0 Å². The molecule has 0 amide bonds. The molecule has 8 bridgehead atoms. The van der Waals surface area contributed by atoms with Gasteiger partial charge in [0.15, 0.2) is 0 Å². The minimum Gasteiger partial charge on any atom is -0.471 e. The van der Waals surface area contributed by atoms with Crippen molar-refractivity contribution in [2.75, 3.05) is 13.2 Å². The van der Waals surface area contributed by atoms with E-state index in [4.69, 9.17) is 23.4 Å². The zero-order valence-electron chi connectivity index (χ0n) is 51.2. The van der Waals surface area contributed by atoms with Crippen molar-refractivity contribution < 1.29 is 43.8 Å². The second-order valence-corrected chi connectivity index (χ2v) is 58.3. The van der Waals surface area contributed by atoms with Crippen molar-refractivity contribution in [3.05, 3.63) is 24.6 Å². The molecule has 2 saturated heterocycles. The predicted octanol–water partition coefficient (Wildman–Crippen LogP) is 13.2. The molecular weight excluding hydrogens is 1130 g/mol. The first-order chi connectivity index (χ1) is 31.4. The van der Waals surface area contributed by atoms with Crippen molar-refractivity contribution in [1.29, 1.82) is 0 Å². The van der Waals surface area contributed by atoms with E-state index in [0.29, 0.717) is 49.0 Å². The van der Waals surface area contributed by atoms with Crippen molar-refractivity contribution in [3.63, 3.8) is 0 Å². The molecule has 12 rings (SSSR count). The fraction of sp³-hybridized carbons (Fsp3) is 0.926. The maximum absolute atomic E-state index is 5.21. The minimum absolute atomic E-state index is 0. The van der Waals surface area contributed by atoms with E-state index in [1.54, 1.807) is 38.5 Å². The van der Waals surface area contributed by atoms with Crippen LogP contribution in [0.25, 0.3) is 0 Å². The van der Waals surface area contributed by atoms with Crippen LogP contribution in [0.5, 0.6) is 0 Å². The van der Waals surface area contributed by atoms with Gasteiger partial charge in [0.2, 0.25) is 0 Å². The first kappa shape index (κ1) is 71.1. The van der Waals surface area contributed by atoms with Crippen LogP contribution < -0.4 is 0 Å². The van der Waals surface area contributed by atoms with Crippen LogP contribution in [0.3, 0.4) is 0 Å². The van der Waals surface area contributed by atoms with Gasteiger partial charge >= 0.3 is 46.3 Å². The fourth-order valence-electron chi connectivity index (χ4n) is 15.7. The summed E-state index contributed by atoms with van der Waals surface area (Å²) in [5.74, 6) is 6.43. The predicted molar refractivity (Wildman–Crippen MR) is 320 cm³/mol. The smallest absolute Gasteiger partial charge is 0.471 e. The van der Waals surface area contributed by atoms with Crippen LogP contribution >= 0.6 is 0 Å². The molecule has 18 heteroatoms. The quantitative estimate of drug-likeness (QED) is 0.225. The molecule has 0 aromatic carbocycles. The molecule has 7 nitrogen and oxygen atoms in total. The van der Waals surface area contributed by atoms with Gasteiger partial charge in [0.05, 0.1) is 22.4 Å². The zero-order valence-corrected chi connectivity index (χ0v) is 65.3. The fourth-order valence-corrected chi connectivity index (χ4v) is 46.6. The second kappa shape index (κ2) is 26.0. The maximum atomic E-state index is 5.21. The summed E-state index contributed by atoms with van der Waals surface area (Å²) in [5, 5.41) is 0. The Bertz CT molecular complexity index is 1590. The van der Waals surface area contributed by atoms with Crippen molar-refractivity contribution in [3.8, 4) is 0 Å². The Kier molecular flexibility index (Phi) is 25.7. The maximum Gasteiger partial charge on any atom is 0.488 e. The summed E-state index contributed by atoms with van der Waals surface area (Å²) in [7, 11) is -1.95. The Hall–Kier alpha value is 4.88. The van der Waals surface area contributed by atoms with E-state index in [2.05, 4.69) is 111 Å². The first-order valence-corrected chi connectivity index (χ1v) is 44.2. The molecule has 6 radical (unpaired) electrons. The van der Waals surface area contributed by atoms with Crippen molar-refractivity contribution >= 4 is 181 Å². The molecule has 0 spiro atoms. The Morgan fingerprint density at radius 1 is 0.444 bits per heavy atom. The number of ether oxygens (including phenoxy) is 1. The SMILES string of the molecule is CC1(C)O[B]OC1(C)C.CC1(C)O[B]OC1(C)C.CCOCC.C[Si](C)(C)[C]1([Si](C)(C)C)C=C[N](C23CC4CC(CC(C4)C2)C3)[Al]1.C[Si](C)(C)[C]1([Si](C)(C)C)C=C[N](C23CC4CC(CC(C4)C2)C3)[Al]1.[K].[K].[Pd]. The summed E-state index contributed by atoms with van der Waals surface area (Å²) in [6, 6.07) is 0. The summed E-state index contributed by atoms with van der Waals surface area (Å²) in [4.78, 5) is 0. The Morgan fingerprint density at radius 2 is 0.653 bits per heavy atom. The summed E-state index contributed by atoms with van der Waals surface area (Å²) in [6.07, 6.45) is 29.4. The average molecular weight is 1230 g/mol. The third-order valence-corrected chi connectivity index (χ3v) is 55.2. The molecule has 8 aliphatic carbocycles. The summed E-state index contributed by atoms with van der Waals surface area (Å²) in [5.41, 5.74) is 0.448. The largest absolute Gasteiger partial charge is 0.488 e. The Labute approximate surface area is 562 Å². The van der Waals surface area contributed by atoms with Crippen molar-refractivity contribution in [1.82, 2.24) is 7.77 Å². The van der Waals surface area contributed by atoms with Gasteiger partial charge in [0.1, 0.15) is 0 Å². The normalized spacial score (nSPS) is 34.5. The van der Waals surface area contributed by atoms with Gasteiger partial charge in [-0.05, 0) is 201 Å². The van der Waals surface area contributed by atoms with Crippen LogP contribution in [0.15, 0.2) is 24.6 Å². The van der Waals surface area contributed by atoms with Gasteiger partial charge in [-0.1, -0.05) is 90.7 Å². The molecule has 0 unspecified atom stereocenters. The van der Waals surface area contributed by atoms with Gasteiger partial charge in [-0.2, -0.15) is 0 Å². The van der Waals surface area contributed by atoms with Crippen LogP contribution in [0.1, 0.15) is 146 Å². The number of hydrogen-bond donors (Lipinski definition) is 0. The number of allylic oxidation sites excluding steroid dienone is 2. The number of nitrogens with zero attached hydrogens (tertiary/aromatic N) is 2. The van der Waals surface area contributed by atoms with Crippen LogP contribution in [-0.4, -0.2) is 236 Å². The van der Waals surface area contributed by atoms with Crippen molar-refractivity contribution in [2.45, 2.75) is 265 Å². The van der Waals surface area contributed by atoms with E-state index in [1.807, 2.05) is 69.2 Å². The van der Waals surface area contributed by atoms with E-state index in [-0.39, 0.29) is 146 Å². The Balaban J connectivity index is 0.000000260. The minimum atomic E-state index is -1.20. The zero-order chi connectivity index (χ0) is 51.7. The van der Waals surface area contributed by atoms with E-state index < -0.39 is 32.3 Å². The van der Waals surface area contributed by atoms with Gasteiger partial charge in [-0.3, -0.25) is 0 Å². The molecule has 0 aromatic heterocycles. The summed E-state index contributed by atoms with van der Waals surface area (Å²) >= 11 is 0.850. The molecule has 72 heavy (non-hydrogen) atoms. The van der Waals surface area contributed by atoms with Gasteiger partial charge in [0, 0.05) is 180 Å². The van der Waals surface area contributed by atoms with Gasteiger partial charge in [-0.15, -0.1) is 0 Å². The van der Waals surface area contributed by atoms with Crippen LogP contribution in [-0.2, 0) is 43.8 Å². The summed E-state index contributed by atoms with van der Waals surface area (Å²) < 4.78 is 32.9. The van der Waals surface area contributed by atoms with Gasteiger partial charge < -0.3 is 31.1 Å². The van der Waals surface area contributed by atoms with E-state index in [1.165, 1.54) is 53.9 Å². The third-order valence-electron chi connectivity index (χ3n) is 20.4. The molecule has 0 N–H and O–H groups in total. The van der Waals surface area contributed by atoms with Crippen LogP contribution in [0, 0.1) is 35.5 Å². The second-order valence-electron chi connectivity index (χ2n) is 30.2. The standard InChI is InChI=1S/2C19H35NSi2.2C6H12BO2.C4H10O.2Al.2K.Pd/c2*1-21(2,3)18(22(4,5)6)7-8-20-19-12-15-9-16(13-19)11-17(10-15)14-19;2*1-5(2)6(3,4)9-7-8-5;1-3-5-4-2;;;;;/h2*7-8,15-17H,9-14H2,1-6H3;2*1-4H3;3-4H2,1-2H3;;;;;/q2*-1;;;;2*+1;;;. The third kappa shape index (κ3) is 15.0. The van der Waals surface area contributed by atoms with E-state index in [0.717, 1.165) is 48.7 Å². The number of rotatable bonds is 8. The van der Waals surface area contributed by atoms with Gasteiger partial charge in [0.25, 0.3) is 0 Å². The molecule has 400 valence electrons. The molecule has 10 fully saturated rings. The van der Waals surface area contributed by atoms with Crippen molar-refractivity contribution in [2.24, 2.45) is 35.5 Å². The topological polar surface area (TPSA) is 52.6 Å². The summed E-state index contributed by atoms with van der Waals surface area (Å²) in [6.45, 7) is 53.5. The number of hydrogen-bond acceptors (Lipinski definition) is 7. The molecule has 0 atom stereocenters. The van der Waals surface area contributed by atoms with E-state index in [9.17, 15) is 0 Å².